The summed E-state index contributed by atoms with van der Waals surface area (Å²) in [6.45, 7) is 0. The Hall–Kier alpha value is -1.46. The van der Waals surface area contributed by atoms with Gasteiger partial charge in [0.15, 0.2) is 5.75 Å². The summed E-state index contributed by atoms with van der Waals surface area (Å²) in [4.78, 5) is 0. The van der Waals surface area contributed by atoms with Gasteiger partial charge in [0.05, 0.1) is 15.6 Å². The van der Waals surface area contributed by atoms with E-state index in [-0.39, 0.29) is 21.5 Å². The molecule has 0 bridgehead atoms. The van der Waals surface area contributed by atoms with E-state index in [1.165, 1.54) is 18.2 Å². The molecule has 0 aliphatic carbocycles. The van der Waals surface area contributed by atoms with E-state index in [1.807, 2.05) is 0 Å². The van der Waals surface area contributed by atoms with Crippen molar-refractivity contribution >= 4 is 23.2 Å². The maximum Gasteiger partial charge on any atom is 0.416 e. The second-order valence-corrected chi connectivity index (χ2v) is 4.64. The number of rotatable bonds is 2. The molecule has 0 saturated heterocycles. The minimum Gasteiger partial charge on any atom is -0.454 e. The molecule has 0 heterocycles. The summed E-state index contributed by atoms with van der Waals surface area (Å²) < 4.78 is 55.9. The first-order valence-corrected chi connectivity index (χ1v) is 6.02. The molecule has 2 rings (SSSR count). The van der Waals surface area contributed by atoms with Gasteiger partial charge < -0.3 is 4.74 Å². The largest absolute Gasteiger partial charge is 0.454 e. The SMILES string of the molecule is Fc1cccc(Oc2c(Cl)cc(C(F)(F)F)cc2Cl)c1. The maximum atomic E-state index is 13.0. The number of ether oxygens (including phenoxy) is 1. The van der Waals surface area contributed by atoms with Gasteiger partial charge in [-0.1, -0.05) is 29.3 Å². The molecule has 7 heteroatoms. The fourth-order valence-corrected chi connectivity index (χ4v) is 2.03. The zero-order valence-corrected chi connectivity index (χ0v) is 11.2. The van der Waals surface area contributed by atoms with Crippen LogP contribution in [0.1, 0.15) is 5.56 Å². The van der Waals surface area contributed by atoms with Gasteiger partial charge in [-0.3, -0.25) is 0 Å². The second kappa shape index (κ2) is 5.50. The highest BCUT2D eigenvalue weighted by Crippen LogP contribution is 2.41. The van der Waals surface area contributed by atoms with E-state index >= 15 is 0 Å². The van der Waals surface area contributed by atoms with Crippen LogP contribution in [0.3, 0.4) is 0 Å². The molecule has 1 nitrogen and oxygen atoms in total. The maximum absolute atomic E-state index is 13.0. The first-order valence-electron chi connectivity index (χ1n) is 5.27. The second-order valence-electron chi connectivity index (χ2n) is 3.83. The monoisotopic (exact) mass is 324 g/mol. The molecule has 20 heavy (non-hydrogen) atoms. The van der Waals surface area contributed by atoms with Gasteiger partial charge >= 0.3 is 6.18 Å². The van der Waals surface area contributed by atoms with Crippen LogP contribution in [0, 0.1) is 5.82 Å². The summed E-state index contributed by atoms with van der Waals surface area (Å²) in [5.41, 5.74) is -0.987. The molecule has 0 aliphatic rings. The molecule has 2 aromatic rings. The van der Waals surface area contributed by atoms with Crippen LogP contribution in [0.2, 0.25) is 10.0 Å². The van der Waals surface area contributed by atoms with E-state index in [1.54, 1.807) is 0 Å². The Kier molecular flexibility index (Phi) is 4.11. The van der Waals surface area contributed by atoms with Crippen molar-refractivity contribution < 1.29 is 22.3 Å². The van der Waals surface area contributed by atoms with Gasteiger partial charge in [-0.15, -0.1) is 0 Å². The smallest absolute Gasteiger partial charge is 0.416 e. The zero-order chi connectivity index (χ0) is 14.9. The van der Waals surface area contributed by atoms with Gasteiger partial charge in [0.1, 0.15) is 11.6 Å². The fourth-order valence-electron chi connectivity index (χ4n) is 1.47. The molecule has 0 aliphatic heterocycles. The van der Waals surface area contributed by atoms with Gasteiger partial charge in [-0.25, -0.2) is 4.39 Å². The lowest BCUT2D eigenvalue weighted by Gasteiger charge is -2.13. The molecule has 0 atom stereocenters. The summed E-state index contributed by atoms with van der Waals surface area (Å²) in [6, 6.07) is 6.46. The fraction of sp³-hybridized carbons (Fsp3) is 0.0769. The Morgan fingerprint density at radius 3 is 2.05 bits per heavy atom. The van der Waals surface area contributed by atoms with Gasteiger partial charge in [0, 0.05) is 6.07 Å². The van der Waals surface area contributed by atoms with E-state index in [2.05, 4.69) is 0 Å². The first kappa shape index (κ1) is 14.9. The molecule has 106 valence electrons. The van der Waals surface area contributed by atoms with Gasteiger partial charge in [-0.2, -0.15) is 13.2 Å². The van der Waals surface area contributed by atoms with Crippen LogP contribution < -0.4 is 4.74 Å². The predicted molar refractivity (Wildman–Crippen MR) is 67.9 cm³/mol. The molecular weight excluding hydrogens is 319 g/mol. The molecule has 0 radical (unpaired) electrons. The molecule has 0 fully saturated rings. The summed E-state index contributed by atoms with van der Waals surface area (Å²) in [5.74, 6) is -0.637. The van der Waals surface area contributed by atoms with Gasteiger partial charge in [-0.05, 0) is 24.3 Å². The Morgan fingerprint density at radius 2 is 1.55 bits per heavy atom. The Labute approximate surface area is 121 Å². The topological polar surface area (TPSA) is 9.23 Å². The van der Waals surface area contributed by atoms with Crippen molar-refractivity contribution in [3.63, 3.8) is 0 Å². The highest BCUT2D eigenvalue weighted by Gasteiger charge is 2.32. The van der Waals surface area contributed by atoms with Crippen molar-refractivity contribution in [3.8, 4) is 11.5 Å². The van der Waals surface area contributed by atoms with E-state index in [0.29, 0.717) is 12.1 Å². The van der Waals surface area contributed by atoms with Gasteiger partial charge in [0.25, 0.3) is 0 Å². The number of hydrogen-bond donors (Lipinski definition) is 0. The van der Waals surface area contributed by atoms with Gasteiger partial charge in [0.2, 0.25) is 0 Å². The van der Waals surface area contributed by atoms with Crippen LogP contribution in [-0.2, 0) is 6.18 Å². The number of alkyl halides is 3. The molecule has 0 unspecified atom stereocenters. The summed E-state index contributed by atoms with van der Waals surface area (Å²) in [7, 11) is 0. The molecule has 0 amide bonds. The zero-order valence-electron chi connectivity index (χ0n) is 9.64. The van der Waals surface area contributed by atoms with Crippen molar-refractivity contribution in [2.75, 3.05) is 0 Å². The molecular formula is C13H6Cl2F4O. The van der Waals surface area contributed by atoms with Crippen molar-refractivity contribution in [3.05, 3.63) is 57.8 Å². The third kappa shape index (κ3) is 3.35. The lowest BCUT2D eigenvalue weighted by molar-refractivity contribution is -0.137. The third-order valence-electron chi connectivity index (χ3n) is 2.34. The number of hydrogen-bond acceptors (Lipinski definition) is 1. The average molecular weight is 325 g/mol. The minimum atomic E-state index is -4.56. The molecule has 2 aromatic carbocycles. The quantitative estimate of drug-likeness (QED) is 0.621. The minimum absolute atomic E-state index is 0.0774. The van der Waals surface area contributed by atoms with Crippen LogP contribution in [0.5, 0.6) is 11.5 Å². The summed E-state index contributed by atoms with van der Waals surface area (Å²) in [6.07, 6.45) is -4.56. The lowest BCUT2D eigenvalue weighted by atomic mass is 10.2. The summed E-state index contributed by atoms with van der Waals surface area (Å²) >= 11 is 11.5. The van der Waals surface area contributed by atoms with E-state index in [9.17, 15) is 17.6 Å². The van der Waals surface area contributed by atoms with Crippen molar-refractivity contribution in [2.24, 2.45) is 0 Å². The van der Waals surface area contributed by atoms with E-state index < -0.39 is 17.6 Å². The molecule has 0 aromatic heterocycles. The Balaban J connectivity index is 2.38. The van der Waals surface area contributed by atoms with Crippen LogP contribution >= 0.6 is 23.2 Å². The molecule has 0 saturated carbocycles. The van der Waals surface area contributed by atoms with E-state index in [4.69, 9.17) is 27.9 Å². The Bertz CT molecular complexity index is 618. The van der Waals surface area contributed by atoms with Crippen molar-refractivity contribution in [1.82, 2.24) is 0 Å². The van der Waals surface area contributed by atoms with Crippen LogP contribution in [0.4, 0.5) is 17.6 Å². The standard InChI is InChI=1S/C13H6Cl2F4O/c14-10-4-7(13(17,18)19)5-11(15)12(10)20-9-3-1-2-8(16)6-9/h1-6H. The first-order chi connectivity index (χ1) is 9.27. The van der Waals surface area contributed by atoms with Crippen LogP contribution in [-0.4, -0.2) is 0 Å². The highest BCUT2D eigenvalue weighted by molar-refractivity contribution is 6.37. The third-order valence-corrected chi connectivity index (χ3v) is 2.90. The van der Waals surface area contributed by atoms with Crippen LogP contribution in [0.15, 0.2) is 36.4 Å². The number of halogens is 6. The van der Waals surface area contributed by atoms with Crippen LogP contribution in [0.25, 0.3) is 0 Å². The highest BCUT2D eigenvalue weighted by atomic mass is 35.5. The molecule has 0 spiro atoms. The summed E-state index contributed by atoms with van der Waals surface area (Å²) in [5, 5.41) is -0.622. The van der Waals surface area contributed by atoms with Crippen molar-refractivity contribution in [2.45, 2.75) is 6.18 Å². The molecule has 0 N–H and O–H groups in total. The predicted octanol–water partition coefficient (Wildman–Crippen LogP) is 5.94. The Morgan fingerprint density at radius 1 is 0.950 bits per heavy atom. The average Bonchev–Trinajstić information content (AvgIpc) is 2.32. The number of benzene rings is 2. The lowest BCUT2D eigenvalue weighted by Crippen LogP contribution is -2.05. The normalized spacial score (nSPS) is 11.5. The van der Waals surface area contributed by atoms with Crippen molar-refractivity contribution in [1.29, 1.82) is 0 Å². The van der Waals surface area contributed by atoms with E-state index in [0.717, 1.165) is 6.07 Å².